The van der Waals surface area contributed by atoms with E-state index in [1.807, 2.05) is 24.3 Å². The van der Waals surface area contributed by atoms with Crippen LogP contribution in [0.4, 0.5) is 10.1 Å². The molecule has 4 nitrogen and oxygen atoms in total. The molecule has 1 aromatic heterocycles. The van der Waals surface area contributed by atoms with E-state index in [2.05, 4.69) is 5.32 Å². The number of rotatable bonds is 3. The molecule has 0 saturated heterocycles. The number of fused-ring (bicyclic) bond motifs is 3. The molecule has 0 aliphatic heterocycles. The van der Waals surface area contributed by atoms with Crippen molar-refractivity contribution < 1.29 is 18.3 Å². The van der Waals surface area contributed by atoms with Crippen LogP contribution in [0.1, 0.15) is 10.4 Å². The molecule has 0 saturated carbocycles. The smallest absolute Gasteiger partial charge is 0.258 e. The molecule has 0 spiro atoms. The van der Waals surface area contributed by atoms with E-state index in [4.69, 9.17) is 20.8 Å². The summed E-state index contributed by atoms with van der Waals surface area (Å²) < 4.78 is 25.2. The van der Waals surface area contributed by atoms with Crippen molar-refractivity contribution >= 4 is 45.1 Å². The second-order valence-corrected chi connectivity index (χ2v) is 6.16. The molecule has 0 fully saturated rings. The van der Waals surface area contributed by atoms with E-state index in [1.54, 1.807) is 12.1 Å². The highest BCUT2D eigenvalue weighted by Gasteiger charge is 2.17. The Morgan fingerprint density at radius 2 is 1.88 bits per heavy atom. The highest BCUT2D eigenvalue weighted by molar-refractivity contribution is 6.30. The van der Waals surface area contributed by atoms with Gasteiger partial charge in [-0.15, -0.1) is 0 Å². The number of methoxy groups -OCH3 is 1. The minimum Gasteiger partial charge on any atom is -0.495 e. The van der Waals surface area contributed by atoms with Crippen LogP contribution in [0, 0.1) is 5.82 Å². The van der Waals surface area contributed by atoms with Crippen molar-refractivity contribution in [3.05, 3.63) is 71.0 Å². The number of carbonyl (C=O) groups excluding carboxylic acids is 1. The molecular formula is C20H13ClFNO3. The first-order valence-electron chi connectivity index (χ1n) is 7.82. The van der Waals surface area contributed by atoms with E-state index in [-0.39, 0.29) is 10.6 Å². The first-order chi connectivity index (χ1) is 12.6. The van der Waals surface area contributed by atoms with Crippen LogP contribution in [0.3, 0.4) is 0 Å². The van der Waals surface area contributed by atoms with E-state index in [0.29, 0.717) is 17.0 Å². The Hall–Kier alpha value is -3.05. The minimum absolute atomic E-state index is 0.110. The summed E-state index contributed by atoms with van der Waals surface area (Å²) in [5.74, 6) is -0.849. The fourth-order valence-corrected chi connectivity index (χ4v) is 3.04. The van der Waals surface area contributed by atoms with Gasteiger partial charge in [-0.05, 0) is 30.3 Å². The lowest BCUT2D eigenvalue weighted by Gasteiger charge is -2.11. The summed E-state index contributed by atoms with van der Waals surface area (Å²) in [6, 6.07) is 14.9. The van der Waals surface area contributed by atoms with Crippen molar-refractivity contribution in [3.8, 4) is 5.75 Å². The summed E-state index contributed by atoms with van der Waals surface area (Å²) in [6.45, 7) is 0. The Bertz CT molecular complexity index is 1150. The van der Waals surface area contributed by atoms with Gasteiger partial charge in [0.05, 0.1) is 18.4 Å². The number of amides is 1. The van der Waals surface area contributed by atoms with Crippen LogP contribution >= 0.6 is 11.6 Å². The lowest BCUT2D eigenvalue weighted by molar-refractivity contribution is 0.102. The maximum atomic E-state index is 14.0. The summed E-state index contributed by atoms with van der Waals surface area (Å²) >= 11 is 5.73. The van der Waals surface area contributed by atoms with Gasteiger partial charge in [0.1, 0.15) is 22.7 Å². The molecule has 4 rings (SSSR count). The normalized spacial score (nSPS) is 11.0. The zero-order chi connectivity index (χ0) is 18.3. The maximum absolute atomic E-state index is 14.0. The summed E-state index contributed by atoms with van der Waals surface area (Å²) in [4.78, 5) is 12.4. The molecule has 0 aliphatic carbocycles. The van der Waals surface area contributed by atoms with E-state index in [1.165, 1.54) is 19.2 Å². The summed E-state index contributed by atoms with van der Waals surface area (Å²) in [7, 11) is 1.50. The number of hydrogen-bond acceptors (Lipinski definition) is 3. The van der Waals surface area contributed by atoms with E-state index in [0.717, 1.165) is 22.4 Å². The molecule has 3 aromatic carbocycles. The SMILES string of the molecule is COc1cc2c(cc1NC(=O)c1ccc(Cl)cc1F)oc1ccccc12. The van der Waals surface area contributed by atoms with Crippen molar-refractivity contribution in [2.75, 3.05) is 12.4 Å². The quantitative estimate of drug-likeness (QED) is 0.508. The molecule has 26 heavy (non-hydrogen) atoms. The molecule has 4 aromatic rings. The molecule has 0 unspecified atom stereocenters. The van der Waals surface area contributed by atoms with E-state index < -0.39 is 11.7 Å². The number of para-hydroxylation sites is 1. The Morgan fingerprint density at radius 3 is 2.65 bits per heavy atom. The fourth-order valence-electron chi connectivity index (χ4n) is 2.88. The van der Waals surface area contributed by atoms with Gasteiger partial charge in [-0.2, -0.15) is 0 Å². The van der Waals surface area contributed by atoms with E-state index >= 15 is 0 Å². The molecule has 130 valence electrons. The minimum atomic E-state index is -0.696. The summed E-state index contributed by atoms with van der Waals surface area (Å²) in [5, 5.41) is 4.71. The van der Waals surface area contributed by atoms with Gasteiger partial charge in [0, 0.05) is 21.9 Å². The topological polar surface area (TPSA) is 51.5 Å². The van der Waals surface area contributed by atoms with Crippen LogP contribution in [-0.4, -0.2) is 13.0 Å². The number of furan rings is 1. The Balaban J connectivity index is 1.77. The largest absolute Gasteiger partial charge is 0.495 e. The molecule has 1 amide bonds. The van der Waals surface area contributed by atoms with Crippen molar-refractivity contribution in [1.29, 1.82) is 0 Å². The van der Waals surface area contributed by atoms with Gasteiger partial charge in [0.2, 0.25) is 0 Å². The number of halogens is 2. The van der Waals surface area contributed by atoms with Gasteiger partial charge in [0.25, 0.3) is 5.91 Å². The van der Waals surface area contributed by atoms with Crippen LogP contribution < -0.4 is 10.1 Å². The third kappa shape index (κ3) is 2.76. The van der Waals surface area contributed by atoms with Crippen molar-refractivity contribution in [3.63, 3.8) is 0 Å². The zero-order valence-corrected chi connectivity index (χ0v) is 14.4. The lowest BCUT2D eigenvalue weighted by atomic mass is 10.1. The average Bonchev–Trinajstić information content (AvgIpc) is 2.98. The standard InChI is InChI=1S/C20H13ClFNO3/c1-25-19-9-14-12-4-2-3-5-17(12)26-18(14)10-16(19)23-20(24)13-7-6-11(21)8-15(13)22/h2-10H,1H3,(H,23,24). The molecule has 1 heterocycles. The average molecular weight is 370 g/mol. The molecule has 0 atom stereocenters. The van der Waals surface area contributed by atoms with Crippen LogP contribution in [0.15, 0.2) is 59.0 Å². The number of nitrogens with one attached hydrogen (secondary N) is 1. The van der Waals surface area contributed by atoms with Crippen molar-refractivity contribution in [2.45, 2.75) is 0 Å². The molecular weight excluding hydrogens is 357 g/mol. The Labute approximate surface area is 153 Å². The highest BCUT2D eigenvalue weighted by Crippen LogP contribution is 2.36. The summed E-state index contributed by atoms with van der Waals surface area (Å²) in [6.07, 6.45) is 0. The zero-order valence-electron chi connectivity index (χ0n) is 13.7. The first-order valence-corrected chi connectivity index (χ1v) is 8.20. The van der Waals surface area contributed by atoms with Gasteiger partial charge >= 0.3 is 0 Å². The Kier molecular flexibility index (Phi) is 4.01. The third-order valence-corrected chi connectivity index (χ3v) is 4.36. The number of benzene rings is 3. The fraction of sp³-hybridized carbons (Fsp3) is 0.0500. The molecule has 1 N–H and O–H groups in total. The monoisotopic (exact) mass is 369 g/mol. The second-order valence-electron chi connectivity index (χ2n) is 5.73. The van der Waals surface area contributed by atoms with Crippen LogP contribution in [0.2, 0.25) is 5.02 Å². The number of anilines is 1. The second kappa shape index (κ2) is 6.35. The number of ether oxygens (including phenoxy) is 1. The van der Waals surface area contributed by atoms with Gasteiger partial charge in [-0.25, -0.2) is 4.39 Å². The van der Waals surface area contributed by atoms with Gasteiger partial charge in [-0.3, -0.25) is 4.79 Å². The molecule has 0 radical (unpaired) electrons. The van der Waals surface area contributed by atoms with Crippen LogP contribution in [0.5, 0.6) is 5.75 Å². The third-order valence-electron chi connectivity index (χ3n) is 4.12. The molecule has 0 aliphatic rings. The van der Waals surface area contributed by atoms with Crippen LogP contribution in [-0.2, 0) is 0 Å². The Morgan fingerprint density at radius 1 is 1.08 bits per heavy atom. The van der Waals surface area contributed by atoms with Crippen molar-refractivity contribution in [1.82, 2.24) is 0 Å². The van der Waals surface area contributed by atoms with Gasteiger partial charge in [0.15, 0.2) is 0 Å². The predicted molar refractivity (Wildman–Crippen MR) is 99.6 cm³/mol. The first kappa shape index (κ1) is 16.4. The highest BCUT2D eigenvalue weighted by atomic mass is 35.5. The van der Waals surface area contributed by atoms with E-state index in [9.17, 15) is 9.18 Å². The number of hydrogen-bond donors (Lipinski definition) is 1. The maximum Gasteiger partial charge on any atom is 0.258 e. The number of carbonyl (C=O) groups is 1. The van der Waals surface area contributed by atoms with Gasteiger partial charge < -0.3 is 14.5 Å². The summed E-state index contributed by atoms with van der Waals surface area (Å²) in [5.41, 5.74) is 1.61. The van der Waals surface area contributed by atoms with Crippen LogP contribution in [0.25, 0.3) is 21.9 Å². The molecule has 0 bridgehead atoms. The van der Waals surface area contributed by atoms with Crippen molar-refractivity contribution in [2.24, 2.45) is 0 Å². The van der Waals surface area contributed by atoms with Gasteiger partial charge in [-0.1, -0.05) is 29.8 Å². The lowest BCUT2D eigenvalue weighted by Crippen LogP contribution is -2.14. The predicted octanol–water partition coefficient (Wildman–Crippen LogP) is 5.64. The molecule has 6 heteroatoms.